The average Bonchev–Trinajstić information content (AvgIpc) is 3.30. The molecular weight excluding hydrogens is 374 g/mol. The maximum Gasteiger partial charge on any atom is 0.270 e. The van der Waals surface area contributed by atoms with Gasteiger partial charge in [-0.2, -0.15) is 0 Å². The van der Waals surface area contributed by atoms with Crippen molar-refractivity contribution >= 4 is 55.5 Å². The summed E-state index contributed by atoms with van der Waals surface area (Å²) < 4.78 is 0.951. The molecule has 0 saturated carbocycles. The van der Waals surface area contributed by atoms with E-state index >= 15 is 0 Å². The molecule has 1 aromatic carbocycles. The van der Waals surface area contributed by atoms with Gasteiger partial charge in [0.2, 0.25) is 0 Å². The molecule has 0 aliphatic carbocycles. The van der Waals surface area contributed by atoms with Crippen molar-refractivity contribution in [1.82, 2.24) is 9.97 Å². The van der Waals surface area contributed by atoms with Crippen LogP contribution >= 0.6 is 34.3 Å². The van der Waals surface area contributed by atoms with E-state index < -0.39 is 0 Å². The van der Waals surface area contributed by atoms with Crippen molar-refractivity contribution in [3.05, 3.63) is 75.7 Å². The van der Waals surface area contributed by atoms with Crippen LogP contribution in [-0.2, 0) is 6.54 Å². The maximum absolute atomic E-state index is 13.0. The number of anilines is 1. The molecule has 0 N–H and O–H groups in total. The zero-order chi connectivity index (χ0) is 17.2. The minimum absolute atomic E-state index is 0.0872. The summed E-state index contributed by atoms with van der Waals surface area (Å²) in [5.74, 6) is -0.0872. The summed E-state index contributed by atoms with van der Waals surface area (Å²) in [4.78, 5) is 24.3. The van der Waals surface area contributed by atoms with E-state index in [4.69, 9.17) is 11.6 Å². The van der Waals surface area contributed by atoms with Gasteiger partial charge in [0.05, 0.1) is 26.8 Å². The fraction of sp³-hybridized carbons (Fsp3) is 0.0556. The van der Waals surface area contributed by atoms with Crippen molar-refractivity contribution in [2.24, 2.45) is 0 Å². The summed E-state index contributed by atoms with van der Waals surface area (Å²) >= 11 is 9.11. The molecular formula is C18H12ClN3OS2. The Labute approximate surface area is 157 Å². The van der Waals surface area contributed by atoms with Gasteiger partial charge in [-0.1, -0.05) is 41.1 Å². The third-order valence-electron chi connectivity index (χ3n) is 3.61. The van der Waals surface area contributed by atoms with Gasteiger partial charge < -0.3 is 0 Å². The van der Waals surface area contributed by atoms with Gasteiger partial charge in [-0.05, 0) is 35.7 Å². The topological polar surface area (TPSA) is 46.1 Å². The first-order valence-electron chi connectivity index (χ1n) is 7.53. The van der Waals surface area contributed by atoms with Crippen molar-refractivity contribution in [1.29, 1.82) is 0 Å². The minimum Gasteiger partial charge on any atom is -0.277 e. The molecule has 0 fully saturated rings. The zero-order valence-corrected chi connectivity index (χ0v) is 15.3. The second-order valence-electron chi connectivity index (χ2n) is 5.27. The van der Waals surface area contributed by atoms with Crippen LogP contribution in [0.1, 0.15) is 15.4 Å². The smallest absolute Gasteiger partial charge is 0.270 e. The van der Waals surface area contributed by atoms with E-state index in [0.29, 0.717) is 27.1 Å². The number of aromatic nitrogens is 2. The Hall–Kier alpha value is -2.28. The molecule has 0 aliphatic heterocycles. The van der Waals surface area contributed by atoms with Crippen molar-refractivity contribution in [2.75, 3.05) is 4.90 Å². The number of halogens is 1. The highest BCUT2D eigenvalue weighted by atomic mass is 35.5. The van der Waals surface area contributed by atoms with E-state index in [0.717, 1.165) is 10.4 Å². The molecule has 3 aromatic heterocycles. The van der Waals surface area contributed by atoms with Gasteiger partial charge in [0, 0.05) is 6.20 Å². The van der Waals surface area contributed by atoms with Crippen LogP contribution in [0.4, 0.5) is 5.13 Å². The van der Waals surface area contributed by atoms with Crippen LogP contribution in [0.3, 0.4) is 0 Å². The van der Waals surface area contributed by atoms with E-state index in [2.05, 4.69) is 9.97 Å². The van der Waals surface area contributed by atoms with Crippen molar-refractivity contribution < 1.29 is 4.79 Å². The number of fused-ring (bicyclic) bond motifs is 1. The number of thiazole rings is 1. The highest BCUT2D eigenvalue weighted by Gasteiger charge is 2.23. The van der Waals surface area contributed by atoms with Crippen LogP contribution in [0.5, 0.6) is 0 Å². The summed E-state index contributed by atoms with van der Waals surface area (Å²) in [6, 6.07) is 15.0. The van der Waals surface area contributed by atoms with Crippen LogP contribution in [0.2, 0.25) is 5.02 Å². The van der Waals surface area contributed by atoms with Crippen molar-refractivity contribution in [3.8, 4) is 0 Å². The number of carbonyl (C=O) groups excluding carboxylic acids is 1. The van der Waals surface area contributed by atoms with Crippen LogP contribution in [-0.4, -0.2) is 15.9 Å². The number of carbonyl (C=O) groups is 1. The molecule has 4 rings (SSSR count). The Morgan fingerprint density at radius 2 is 2.04 bits per heavy atom. The fourth-order valence-electron chi connectivity index (χ4n) is 2.43. The van der Waals surface area contributed by atoms with E-state index in [1.165, 1.54) is 22.7 Å². The summed E-state index contributed by atoms with van der Waals surface area (Å²) in [6.45, 7) is 0.356. The molecule has 4 aromatic rings. The van der Waals surface area contributed by atoms with E-state index in [9.17, 15) is 4.79 Å². The number of hydrogen-bond donors (Lipinski definition) is 0. The van der Waals surface area contributed by atoms with Crippen LogP contribution in [0.25, 0.3) is 10.2 Å². The number of thiophene rings is 1. The first-order chi connectivity index (χ1) is 12.2. The Balaban J connectivity index is 1.78. The Morgan fingerprint density at radius 3 is 2.76 bits per heavy atom. The molecule has 7 heteroatoms. The number of nitrogens with zero attached hydrogens (tertiary/aromatic N) is 3. The predicted octanol–water partition coefficient (Wildman–Crippen LogP) is 5.25. The lowest BCUT2D eigenvalue weighted by Crippen LogP contribution is -2.30. The number of benzene rings is 1. The third kappa shape index (κ3) is 3.28. The number of rotatable bonds is 4. The number of amides is 1. The molecule has 3 heterocycles. The Morgan fingerprint density at radius 1 is 1.12 bits per heavy atom. The lowest BCUT2D eigenvalue weighted by molar-refractivity contribution is 0.0988. The molecule has 4 nitrogen and oxygen atoms in total. The quantitative estimate of drug-likeness (QED) is 0.481. The maximum atomic E-state index is 13.0. The fourth-order valence-corrected chi connectivity index (χ4v) is 4.37. The van der Waals surface area contributed by atoms with Gasteiger partial charge in [-0.3, -0.25) is 14.7 Å². The Kier molecular flexibility index (Phi) is 4.48. The molecule has 0 aliphatic rings. The van der Waals surface area contributed by atoms with Gasteiger partial charge >= 0.3 is 0 Å². The standard InChI is InChI=1S/C18H12ClN3OS2/c19-13-6-3-7-14-16(13)21-18(25-14)22(11-12-5-1-2-9-20-12)17(23)15-8-4-10-24-15/h1-10H,11H2. The number of hydrogen-bond acceptors (Lipinski definition) is 5. The van der Waals surface area contributed by atoms with Crippen molar-refractivity contribution in [2.45, 2.75) is 6.54 Å². The molecule has 0 bridgehead atoms. The minimum atomic E-state index is -0.0872. The van der Waals surface area contributed by atoms with Crippen LogP contribution < -0.4 is 4.90 Å². The lowest BCUT2D eigenvalue weighted by Gasteiger charge is -2.18. The highest BCUT2D eigenvalue weighted by Crippen LogP contribution is 2.34. The van der Waals surface area contributed by atoms with E-state index in [1.54, 1.807) is 17.2 Å². The third-order valence-corrected chi connectivity index (χ3v) is 5.82. The number of pyridine rings is 1. The first kappa shape index (κ1) is 16.2. The van der Waals surface area contributed by atoms with Crippen molar-refractivity contribution in [3.63, 3.8) is 0 Å². The normalized spacial score (nSPS) is 10.9. The zero-order valence-electron chi connectivity index (χ0n) is 12.9. The molecule has 0 unspecified atom stereocenters. The average molecular weight is 386 g/mol. The molecule has 1 amide bonds. The van der Waals surface area contributed by atoms with E-state index in [-0.39, 0.29) is 5.91 Å². The summed E-state index contributed by atoms with van der Waals surface area (Å²) in [7, 11) is 0. The number of para-hydroxylation sites is 1. The molecule has 0 saturated heterocycles. The molecule has 0 atom stereocenters. The second-order valence-corrected chi connectivity index (χ2v) is 7.64. The summed E-state index contributed by atoms with van der Waals surface area (Å²) in [5.41, 5.74) is 1.52. The molecule has 124 valence electrons. The Bertz CT molecular complexity index is 1020. The van der Waals surface area contributed by atoms with Crippen LogP contribution in [0, 0.1) is 0 Å². The molecule has 0 spiro atoms. The summed E-state index contributed by atoms with van der Waals surface area (Å²) in [6.07, 6.45) is 1.72. The van der Waals surface area contributed by atoms with Gasteiger partial charge in [0.1, 0.15) is 5.52 Å². The second kappa shape index (κ2) is 6.92. The first-order valence-corrected chi connectivity index (χ1v) is 9.60. The van der Waals surface area contributed by atoms with Gasteiger partial charge in [0.15, 0.2) is 5.13 Å². The lowest BCUT2D eigenvalue weighted by atomic mass is 10.3. The highest BCUT2D eigenvalue weighted by molar-refractivity contribution is 7.22. The van der Waals surface area contributed by atoms with Gasteiger partial charge in [0.25, 0.3) is 5.91 Å². The predicted molar refractivity (Wildman–Crippen MR) is 104 cm³/mol. The largest absolute Gasteiger partial charge is 0.277 e. The van der Waals surface area contributed by atoms with Gasteiger partial charge in [-0.25, -0.2) is 4.98 Å². The molecule has 0 radical (unpaired) electrons. The summed E-state index contributed by atoms with van der Waals surface area (Å²) in [5, 5.41) is 3.09. The van der Waals surface area contributed by atoms with E-state index in [1.807, 2.05) is 47.8 Å². The monoisotopic (exact) mass is 385 g/mol. The van der Waals surface area contributed by atoms with Gasteiger partial charge in [-0.15, -0.1) is 11.3 Å². The van der Waals surface area contributed by atoms with Crippen LogP contribution in [0.15, 0.2) is 60.1 Å². The SMILES string of the molecule is O=C(c1cccs1)N(Cc1ccccn1)c1nc2c(Cl)cccc2s1. The molecule has 25 heavy (non-hydrogen) atoms.